The summed E-state index contributed by atoms with van der Waals surface area (Å²) in [7, 11) is -16.2. The molecule has 10 nitrogen and oxygen atoms in total. The van der Waals surface area contributed by atoms with Gasteiger partial charge in [-0.3, -0.25) is 0 Å². The molecule has 22 heavy (non-hydrogen) atoms. The van der Waals surface area contributed by atoms with Crippen molar-refractivity contribution in [2.24, 2.45) is 0 Å². The van der Waals surface area contributed by atoms with Crippen LogP contribution >= 0.6 is 0 Å². The van der Waals surface area contributed by atoms with E-state index in [1.165, 1.54) is 0 Å². The van der Waals surface area contributed by atoms with Crippen LogP contribution in [0.15, 0.2) is 26.8 Å². The molecule has 0 aliphatic carbocycles. The zero-order chi connectivity index (χ0) is 15.2. The number of benzene rings is 1. The maximum atomic E-state index is 10.8. The Balaban J connectivity index is -0.00000120. The second kappa shape index (κ2) is 9.45. The van der Waals surface area contributed by atoms with Crippen molar-refractivity contribution in [1.29, 1.82) is 0 Å². The Morgan fingerprint density at radius 1 is 0.727 bits per heavy atom. The minimum Gasteiger partial charge on any atom is -0.744 e. The van der Waals surface area contributed by atoms with E-state index in [-0.39, 0.29) is 101 Å². The van der Waals surface area contributed by atoms with E-state index >= 15 is 0 Å². The summed E-state index contributed by atoms with van der Waals surface area (Å²) < 4.78 is 97.0. The van der Waals surface area contributed by atoms with E-state index in [1.54, 1.807) is 0 Å². The quantitative estimate of drug-likeness (QED) is 0.289. The van der Waals surface area contributed by atoms with Crippen molar-refractivity contribution in [2.45, 2.75) is 14.7 Å². The van der Waals surface area contributed by atoms with Crippen molar-refractivity contribution < 1.29 is 128 Å². The second-order valence-electron chi connectivity index (χ2n) is 3.20. The molecule has 0 radical (unpaired) electrons. The molecule has 108 valence electrons. The average Bonchev–Trinajstić information content (AvgIpc) is 2.11. The van der Waals surface area contributed by atoms with Gasteiger partial charge in [0.25, 0.3) is 0 Å². The zero-order valence-electron chi connectivity index (χ0n) is 11.6. The van der Waals surface area contributed by atoms with Crippen molar-refractivity contribution in [3.63, 3.8) is 0 Å². The first-order valence-corrected chi connectivity index (χ1v) is 8.28. The van der Waals surface area contributed by atoms with Gasteiger partial charge < -0.3 is 19.4 Å². The first-order valence-electron chi connectivity index (χ1n) is 4.06. The average molecular weight is 399 g/mol. The Labute approximate surface area is 193 Å². The van der Waals surface area contributed by atoms with Gasteiger partial charge in [-0.2, -0.15) is 0 Å². The van der Waals surface area contributed by atoms with Crippen LogP contribution in [0.2, 0.25) is 0 Å². The van der Waals surface area contributed by atoms with Crippen LogP contribution in [0.4, 0.5) is 5.69 Å². The summed E-state index contributed by atoms with van der Waals surface area (Å²) in [6, 6.07) is 0.258. The molecule has 0 saturated heterocycles. The molecule has 16 heteroatoms. The molecule has 1 aromatic rings. The molecule has 1 aromatic carbocycles. The number of hydrogen-bond donors (Lipinski definition) is 1. The van der Waals surface area contributed by atoms with Gasteiger partial charge in [0.1, 0.15) is 30.4 Å². The topological polar surface area (TPSA) is 198 Å². The summed E-state index contributed by atoms with van der Waals surface area (Å²) in [6.07, 6.45) is 0. The maximum Gasteiger partial charge on any atom is 1.00 e. The predicted molar refractivity (Wildman–Crippen MR) is 54.7 cm³/mol. The molecule has 0 spiro atoms. The van der Waals surface area contributed by atoms with E-state index in [0.717, 1.165) is 0 Å². The summed E-state index contributed by atoms with van der Waals surface area (Å²) in [4.78, 5) is -4.52. The van der Waals surface area contributed by atoms with E-state index in [1.807, 2.05) is 0 Å². The number of hydrogen-bond acceptors (Lipinski definition) is 10. The van der Waals surface area contributed by atoms with E-state index in [2.05, 4.69) is 0 Å². The predicted octanol–water partition coefficient (Wildman–Crippen LogP) is -11.0. The molecule has 0 bridgehead atoms. The molecule has 0 atom stereocenters. The van der Waals surface area contributed by atoms with Crippen LogP contribution in [0.5, 0.6) is 0 Å². The second-order valence-corrected chi connectivity index (χ2v) is 7.25. The number of rotatable bonds is 3. The molecule has 0 fully saturated rings. The summed E-state index contributed by atoms with van der Waals surface area (Å²) >= 11 is 0. The number of nitrogen functional groups attached to an aromatic ring is 1. The maximum absolute atomic E-state index is 10.8. The van der Waals surface area contributed by atoms with Crippen molar-refractivity contribution in [2.75, 3.05) is 5.73 Å². The number of nitrogens with two attached hydrogens (primary N) is 1. The summed E-state index contributed by atoms with van der Waals surface area (Å²) in [5.74, 6) is 0. The summed E-state index contributed by atoms with van der Waals surface area (Å²) in [5, 5.41) is 0. The van der Waals surface area contributed by atoms with Crippen LogP contribution < -0.4 is 94.4 Å². The Kier molecular flexibility index (Phi) is 12.3. The summed E-state index contributed by atoms with van der Waals surface area (Å²) in [5.41, 5.74) is 3.89. The van der Waals surface area contributed by atoms with Gasteiger partial charge in [-0.1, -0.05) is 0 Å². The number of anilines is 1. The monoisotopic (exact) mass is 399 g/mol. The third-order valence-electron chi connectivity index (χ3n) is 1.87. The van der Waals surface area contributed by atoms with Gasteiger partial charge in [0.05, 0.1) is 20.4 Å². The molecule has 2 N–H and O–H groups in total. The van der Waals surface area contributed by atoms with Gasteiger partial charge in [-0.25, -0.2) is 25.3 Å². The first-order chi connectivity index (χ1) is 8.24. The van der Waals surface area contributed by atoms with E-state index in [0.29, 0.717) is 0 Å². The Hall–Kier alpha value is 1.75. The molecular weight excluding hydrogens is 395 g/mol. The SMILES string of the molecule is Nc1cc(S(=O)(=O)[O-])cc(S(=O)(=O)[O-])c1S(=O)(=O)[O-].[Na+].[Na+].[Na+]. The molecule has 0 aromatic heterocycles. The molecule has 0 amide bonds. The minimum absolute atomic E-state index is 0. The van der Waals surface area contributed by atoms with E-state index < -0.39 is 50.7 Å². The summed E-state index contributed by atoms with van der Waals surface area (Å²) in [6.45, 7) is 0. The van der Waals surface area contributed by atoms with Crippen LogP contribution in [0, 0.1) is 0 Å². The Bertz CT molecular complexity index is 847. The van der Waals surface area contributed by atoms with Crippen molar-refractivity contribution in [3.05, 3.63) is 12.1 Å². The van der Waals surface area contributed by atoms with Crippen LogP contribution in [-0.2, 0) is 30.4 Å². The van der Waals surface area contributed by atoms with Crippen molar-refractivity contribution in [1.82, 2.24) is 0 Å². The van der Waals surface area contributed by atoms with Gasteiger partial charge in [0, 0.05) is 0 Å². The molecule has 0 heterocycles. The van der Waals surface area contributed by atoms with Crippen LogP contribution in [-0.4, -0.2) is 38.9 Å². The molecule has 0 unspecified atom stereocenters. The van der Waals surface area contributed by atoms with Crippen LogP contribution in [0.3, 0.4) is 0 Å². The normalized spacial score (nSPS) is 11.6. The third kappa shape index (κ3) is 7.33. The van der Waals surface area contributed by atoms with Crippen molar-refractivity contribution >= 4 is 36.0 Å². The van der Waals surface area contributed by atoms with E-state index in [4.69, 9.17) is 5.73 Å². The standard InChI is InChI=1S/C6H7NO9S3.3Na/c7-4-1-3(17(8,9)10)2-5(18(11,12)13)6(4)19(14,15)16;;;/h1-2H,7H2,(H,8,9,10)(H,11,12,13)(H,14,15,16);;;/q;3*+1/p-3. The Morgan fingerprint density at radius 3 is 1.41 bits per heavy atom. The van der Waals surface area contributed by atoms with E-state index in [9.17, 15) is 38.9 Å². The fraction of sp³-hybridized carbons (Fsp3) is 0. The van der Waals surface area contributed by atoms with Gasteiger partial charge in [0.2, 0.25) is 0 Å². The molecule has 0 saturated carbocycles. The minimum atomic E-state index is -5.53. The third-order valence-corrected chi connectivity index (χ3v) is 4.62. The fourth-order valence-corrected chi connectivity index (χ4v) is 3.68. The first kappa shape index (κ1) is 28.5. The molecular formula is C6H4NNa3O9S3. The molecule has 0 aliphatic heterocycles. The van der Waals surface area contributed by atoms with Gasteiger partial charge >= 0.3 is 88.7 Å². The molecule has 1 rings (SSSR count). The molecule has 0 aliphatic rings. The van der Waals surface area contributed by atoms with Crippen LogP contribution in [0.1, 0.15) is 0 Å². The smallest absolute Gasteiger partial charge is 0.744 e. The zero-order valence-corrected chi connectivity index (χ0v) is 20.1. The van der Waals surface area contributed by atoms with Crippen LogP contribution in [0.25, 0.3) is 0 Å². The van der Waals surface area contributed by atoms with Gasteiger partial charge in [-0.15, -0.1) is 0 Å². The van der Waals surface area contributed by atoms with Gasteiger partial charge in [0.15, 0.2) is 0 Å². The largest absolute Gasteiger partial charge is 1.00 e. The van der Waals surface area contributed by atoms with Crippen molar-refractivity contribution in [3.8, 4) is 0 Å². The van der Waals surface area contributed by atoms with Gasteiger partial charge in [-0.05, 0) is 12.1 Å². The Morgan fingerprint density at radius 2 is 1.14 bits per heavy atom. The fourth-order valence-electron chi connectivity index (χ4n) is 1.20.